The molecule has 0 unspecified atom stereocenters. The summed E-state index contributed by atoms with van der Waals surface area (Å²) in [5.41, 5.74) is -0.256. The smallest absolute Gasteiger partial charge is 0.416 e. The molecular formula is C18H16BrF3O2. The molecule has 6 heteroatoms. The molecule has 2 nitrogen and oxygen atoms in total. The lowest BCUT2D eigenvalue weighted by atomic mass is 10.0. The average molecular weight is 401 g/mol. The number of esters is 1. The quantitative estimate of drug-likeness (QED) is 0.570. The summed E-state index contributed by atoms with van der Waals surface area (Å²) in [4.78, 5) is 12.2. The van der Waals surface area contributed by atoms with Crippen LogP contribution < -0.4 is 0 Å². The Balaban J connectivity index is 2.44. The highest BCUT2D eigenvalue weighted by atomic mass is 79.9. The van der Waals surface area contributed by atoms with Gasteiger partial charge in [-0.2, -0.15) is 13.2 Å². The minimum Gasteiger partial charge on any atom is -0.456 e. The van der Waals surface area contributed by atoms with Crippen LogP contribution in [0.15, 0.2) is 46.9 Å². The number of halogens is 4. The number of benzene rings is 2. The largest absolute Gasteiger partial charge is 0.456 e. The highest BCUT2D eigenvalue weighted by molar-refractivity contribution is 9.10. The van der Waals surface area contributed by atoms with Gasteiger partial charge in [0.25, 0.3) is 0 Å². The minimum absolute atomic E-state index is 0.270. The Bertz CT molecular complexity index is 762. The van der Waals surface area contributed by atoms with Crippen molar-refractivity contribution in [3.8, 4) is 11.1 Å². The lowest BCUT2D eigenvalue weighted by Gasteiger charge is -2.20. The van der Waals surface area contributed by atoms with E-state index in [0.717, 1.165) is 12.1 Å². The summed E-state index contributed by atoms with van der Waals surface area (Å²) in [6.07, 6.45) is -4.42. The number of ether oxygens (including phenoxy) is 1. The molecule has 0 aliphatic rings. The van der Waals surface area contributed by atoms with Crippen LogP contribution in [0.25, 0.3) is 11.1 Å². The van der Waals surface area contributed by atoms with Crippen LogP contribution in [0.2, 0.25) is 0 Å². The third-order valence-electron chi connectivity index (χ3n) is 3.06. The van der Waals surface area contributed by atoms with Crippen molar-refractivity contribution < 1.29 is 22.7 Å². The van der Waals surface area contributed by atoms with Crippen molar-refractivity contribution in [2.24, 2.45) is 0 Å². The lowest BCUT2D eigenvalue weighted by molar-refractivity contribution is -0.137. The maximum Gasteiger partial charge on any atom is 0.416 e. The molecule has 0 aliphatic carbocycles. The van der Waals surface area contributed by atoms with Gasteiger partial charge in [0, 0.05) is 4.47 Å². The van der Waals surface area contributed by atoms with Gasteiger partial charge in [-0.15, -0.1) is 0 Å². The van der Waals surface area contributed by atoms with E-state index in [0.29, 0.717) is 15.6 Å². The fourth-order valence-electron chi connectivity index (χ4n) is 2.09. The van der Waals surface area contributed by atoms with Gasteiger partial charge in [-0.05, 0) is 62.2 Å². The third-order valence-corrected chi connectivity index (χ3v) is 3.51. The molecule has 0 saturated carbocycles. The summed E-state index contributed by atoms with van der Waals surface area (Å²) in [7, 11) is 0. The van der Waals surface area contributed by atoms with Gasteiger partial charge in [0.1, 0.15) is 5.60 Å². The van der Waals surface area contributed by atoms with Gasteiger partial charge in [-0.1, -0.05) is 28.1 Å². The van der Waals surface area contributed by atoms with Crippen molar-refractivity contribution in [2.75, 3.05) is 0 Å². The van der Waals surface area contributed by atoms with Crippen molar-refractivity contribution in [3.63, 3.8) is 0 Å². The normalized spacial score (nSPS) is 12.1. The molecular weight excluding hydrogens is 385 g/mol. The van der Waals surface area contributed by atoms with E-state index in [1.807, 2.05) is 0 Å². The monoisotopic (exact) mass is 400 g/mol. The lowest BCUT2D eigenvalue weighted by Crippen LogP contribution is -2.23. The minimum atomic E-state index is -4.42. The fraction of sp³-hybridized carbons (Fsp3) is 0.278. The number of rotatable bonds is 2. The first-order valence-electron chi connectivity index (χ1n) is 7.17. The van der Waals surface area contributed by atoms with Gasteiger partial charge >= 0.3 is 12.1 Å². The first kappa shape index (κ1) is 18.5. The topological polar surface area (TPSA) is 26.3 Å². The van der Waals surface area contributed by atoms with Gasteiger partial charge in [-0.25, -0.2) is 4.79 Å². The van der Waals surface area contributed by atoms with E-state index >= 15 is 0 Å². The molecule has 0 aliphatic heterocycles. The standard InChI is InChI=1S/C18H16BrF3O2/c1-17(2,3)24-16(23)13-7-12(9-15(19)10-13)11-5-4-6-14(8-11)18(20,21)22/h4-10H,1-3H3. The zero-order valence-electron chi connectivity index (χ0n) is 13.4. The Kier molecular flexibility index (Phi) is 5.08. The second-order valence-electron chi connectivity index (χ2n) is 6.31. The summed E-state index contributed by atoms with van der Waals surface area (Å²) in [6.45, 7) is 5.24. The van der Waals surface area contributed by atoms with E-state index in [2.05, 4.69) is 15.9 Å². The first-order valence-corrected chi connectivity index (χ1v) is 7.96. The zero-order valence-corrected chi connectivity index (χ0v) is 15.0. The number of hydrogen-bond donors (Lipinski definition) is 0. The predicted molar refractivity (Wildman–Crippen MR) is 89.7 cm³/mol. The highest BCUT2D eigenvalue weighted by Crippen LogP contribution is 2.33. The van der Waals surface area contributed by atoms with Crippen LogP contribution in [0.5, 0.6) is 0 Å². The van der Waals surface area contributed by atoms with Crippen LogP contribution in [-0.4, -0.2) is 11.6 Å². The highest BCUT2D eigenvalue weighted by Gasteiger charge is 2.30. The van der Waals surface area contributed by atoms with Gasteiger partial charge < -0.3 is 4.74 Å². The molecule has 0 bridgehead atoms. The van der Waals surface area contributed by atoms with E-state index in [-0.39, 0.29) is 5.56 Å². The van der Waals surface area contributed by atoms with E-state index in [1.54, 1.807) is 39.0 Å². The average Bonchev–Trinajstić information content (AvgIpc) is 2.44. The summed E-state index contributed by atoms with van der Waals surface area (Å²) in [6, 6.07) is 9.72. The zero-order chi connectivity index (χ0) is 18.1. The van der Waals surface area contributed by atoms with Crippen molar-refractivity contribution in [2.45, 2.75) is 32.5 Å². The van der Waals surface area contributed by atoms with Gasteiger partial charge in [0.2, 0.25) is 0 Å². The summed E-state index contributed by atoms with van der Waals surface area (Å²) in [5, 5.41) is 0. The number of carbonyl (C=O) groups excluding carboxylic acids is 1. The Morgan fingerprint density at radius 1 is 1.00 bits per heavy atom. The van der Waals surface area contributed by atoms with Crippen LogP contribution in [0.3, 0.4) is 0 Å². The maximum atomic E-state index is 12.9. The van der Waals surface area contributed by atoms with Crippen molar-refractivity contribution in [1.82, 2.24) is 0 Å². The van der Waals surface area contributed by atoms with Crippen LogP contribution in [0.4, 0.5) is 13.2 Å². The van der Waals surface area contributed by atoms with Crippen LogP contribution in [0.1, 0.15) is 36.7 Å². The van der Waals surface area contributed by atoms with Crippen molar-refractivity contribution >= 4 is 21.9 Å². The van der Waals surface area contributed by atoms with Gasteiger partial charge in [0.05, 0.1) is 11.1 Å². The molecule has 2 aromatic rings. The van der Waals surface area contributed by atoms with E-state index in [4.69, 9.17) is 4.74 Å². The molecule has 0 amide bonds. The summed E-state index contributed by atoms with van der Waals surface area (Å²) < 4.78 is 44.5. The van der Waals surface area contributed by atoms with Crippen LogP contribution >= 0.6 is 15.9 Å². The predicted octanol–water partition coefficient (Wildman–Crippen LogP) is 6.09. The molecule has 24 heavy (non-hydrogen) atoms. The maximum absolute atomic E-state index is 12.9. The molecule has 0 aromatic heterocycles. The van der Waals surface area contributed by atoms with Crippen molar-refractivity contribution in [1.29, 1.82) is 0 Å². The molecule has 0 saturated heterocycles. The third kappa shape index (κ3) is 4.84. The summed E-state index contributed by atoms with van der Waals surface area (Å²) in [5.74, 6) is -0.531. The molecule has 0 N–H and O–H groups in total. The van der Waals surface area contributed by atoms with E-state index in [9.17, 15) is 18.0 Å². The molecule has 0 atom stereocenters. The number of alkyl halides is 3. The first-order chi connectivity index (χ1) is 11.0. The Morgan fingerprint density at radius 2 is 1.67 bits per heavy atom. The fourth-order valence-corrected chi connectivity index (χ4v) is 2.58. The van der Waals surface area contributed by atoms with Gasteiger partial charge in [-0.3, -0.25) is 0 Å². The molecule has 128 valence electrons. The molecule has 2 rings (SSSR count). The van der Waals surface area contributed by atoms with Crippen LogP contribution in [0, 0.1) is 0 Å². The Hall–Kier alpha value is -1.82. The molecule has 0 fully saturated rings. The second-order valence-corrected chi connectivity index (χ2v) is 7.22. The van der Waals surface area contributed by atoms with E-state index < -0.39 is 23.3 Å². The molecule has 0 radical (unpaired) electrons. The SMILES string of the molecule is CC(C)(C)OC(=O)c1cc(Br)cc(-c2cccc(C(F)(F)F)c2)c1. The number of carbonyl (C=O) groups is 1. The second kappa shape index (κ2) is 6.59. The summed E-state index contributed by atoms with van der Waals surface area (Å²) >= 11 is 3.29. The molecule has 2 aromatic carbocycles. The van der Waals surface area contributed by atoms with Crippen molar-refractivity contribution in [3.05, 3.63) is 58.1 Å². The molecule has 0 spiro atoms. The van der Waals surface area contributed by atoms with E-state index in [1.165, 1.54) is 12.1 Å². The van der Waals surface area contributed by atoms with Crippen LogP contribution in [-0.2, 0) is 10.9 Å². The molecule has 0 heterocycles. The number of hydrogen-bond acceptors (Lipinski definition) is 2. The Morgan fingerprint density at radius 3 is 2.25 bits per heavy atom. The van der Waals surface area contributed by atoms with Gasteiger partial charge in [0.15, 0.2) is 0 Å². The Labute approximate surface area is 146 Å².